The maximum atomic E-state index is 12.7. The second-order valence-electron chi connectivity index (χ2n) is 6.54. The van der Waals surface area contributed by atoms with Crippen LogP contribution in [0.4, 0.5) is 18.9 Å². The van der Waals surface area contributed by atoms with Crippen LogP contribution in [0.2, 0.25) is 5.02 Å². The van der Waals surface area contributed by atoms with Gasteiger partial charge >= 0.3 is 6.36 Å². The van der Waals surface area contributed by atoms with Crippen molar-refractivity contribution in [2.45, 2.75) is 13.3 Å². The first-order valence-corrected chi connectivity index (χ1v) is 9.37. The Morgan fingerprint density at radius 3 is 2.42 bits per heavy atom. The lowest BCUT2D eigenvalue weighted by atomic mass is 10.2. The molecule has 4 rings (SSSR count). The Morgan fingerprint density at radius 1 is 1.10 bits per heavy atom. The number of fused-ring (bicyclic) bond motifs is 1. The minimum Gasteiger partial charge on any atom is -0.406 e. The molecular formula is C21H14ClF3N4O2. The highest BCUT2D eigenvalue weighted by atomic mass is 35.5. The monoisotopic (exact) mass is 446 g/mol. The summed E-state index contributed by atoms with van der Waals surface area (Å²) in [5.74, 6) is -0.952. The Hall–Kier alpha value is -3.59. The number of halogens is 4. The number of carbonyl (C=O) groups is 1. The molecule has 158 valence electrons. The molecule has 1 amide bonds. The molecule has 0 saturated heterocycles. The number of anilines is 1. The van der Waals surface area contributed by atoms with Crippen molar-refractivity contribution < 1.29 is 22.7 Å². The molecule has 2 aromatic carbocycles. The van der Waals surface area contributed by atoms with Crippen LogP contribution in [0.15, 0.2) is 60.8 Å². The molecule has 1 N–H and O–H groups in total. The summed E-state index contributed by atoms with van der Waals surface area (Å²) in [4.78, 5) is 17.1. The van der Waals surface area contributed by atoms with Crippen molar-refractivity contribution in [3.63, 3.8) is 0 Å². The predicted octanol–water partition coefficient (Wildman–Crippen LogP) is 5.53. The average Bonchev–Trinajstić information content (AvgIpc) is 3.06. The number of pyridine rings is 1. The molecule has 0 radical (unpaired) electrons. The molecule has 0 saturated carbocycles. The van der Waals surface area contributed by atoms with Gasteiger partial charge in [-0.1, -0.05) is 29.8 Å². The molecule has 0 atom stereocenters. The van der Waals surface area contributed by atoms with Gasteiger partial charge < -0.3 is 10.1 Å². The fraction of sp³-hybridized carbons (Fsp3) is 0.0952. The van der Waals surface area contributed by atoms with Crippen LogP contribution < -0.4 is 10.1 Å². The Labute approximate surface area is 179 Å². The van der Waals surface area contributed by atoms with Crippen LogP contribution in [0.3, 0.4) is 0 Å². The fourth-order valence-corrected chi connectivity index (χ4v) is 3.41. The molecule has 0 aliphatic carbocycles. The van der Waals surface area contributed by atoms with E-state index in [1.54, 1.807) is 11.6 Å². The number of alkyl halides is 3. The van der Waals surface area contributed by atoms with E-state index in [1.807, 2.05) is 30.3 Å². The van der Waals surface area contributed by atoms with Gasteiger partial charge in [0.1, 0.15) is 5.75 Å². The third kappa shape index (κ3) is 4.31. The Balaban J connectivity index is 1.62. The second kappa shape index (κ2) is 7.92. The van der Waals surface area contributed by atoms with E-state index in [-0.39, 0.29) is 16.3 Å². The van der Waals surface area contributed by atoms with E-state index in [2.05, 4.69) is 20.1 Å². The van der Waals surface area contributed by atoms with Crippen molar-refractivity contribution in [1.29, 1.82) is 0 Å². The normalized spacial score (nSPS) is 11.5. The first kappa shape index (κ1) is 20.7. The molecular weight excluding hydrogens is 433 g/mol. The van der Waals surface area contributed by atoms with Crippen molar-refractivity contribution in [1.82, 2.24) is 14.8 Å². The summed E-state index contributed by atoms with van der Waals surface area (Å²) in [7, 11) is 0. The number of para-hydroxylation sites is 1. The molecule has 0 spiro atoms. The van der Waals surface area contributed by atoms with Gasteiger partial charge in [0, 0.05) is 11.9 Å². The number of hydrogen-bond donors (Lipinski definition) is 1. The molecule has 0 aliphatic heterocycles. The SMILES string of the molecule is Cc1nn(-c2ccccc2)c2ncc(C(=O)Nc3ccc(OC(F)(F)F)cc3)c(Cl)c12. The summed E-state index contributed by atoms with van der Waals surface area (Å²) in [6.45, 7) is 1.76. The molecule has 0 aliphatic rings. The van der Waals surface area contributed by atoms with Crippen LogP contribution in [-0.4, -0.2) is 27.0 Å². The van der Waals surface area contributed by atoms with Gasteiger partial charge in [0.2, 0.25) is 0 Å². The van der Waals surface area contributed by atoms with Gasteiger partial charge in [-0.3, -0.25) is 4.79 Å². The predicted molar refractivity (Wildman–Crippen MR) is 110 cm³/mol. The number of carbonyl (C=O) groups excluding carboxylic acids is 1. The second-order valence-corrected chi connectivity index (χ2v) is 6.92. The van der Waals surface area contributed by atoms with Crippen molar-refractivity contribution in [3.8, 4) is 11.4 Å². The van der Waals surface area contributed by atoms with Crippen molar-refractivity contribution in [2.75, 3.05) is 5.32 Å². The molecule has 2 heterocycles. The molecule has 10 heteroatoms. The molecule has 6 nitrogen and oxygen atoms in total. The minimum absolute atomic E-state index is 0.112. The topological polar surface area (TPSA) is 69.0 Å². The summed E-state index contributed by atoms with van der Waals surface area (Å²) in [6, 6.07) is 14.1. The highest BCUT2D eigenvalue weighted by Crippen LogP contribution is 2.31. The Kier molecular flexibility index (Phi) is 5.28. The van der Waals surface area contributed by atoms with Crippen LogP contribution in [-0.2, 0) is 0 Å². The molecule has 0 unspecified atom stereocenters. The van der Waals surface area contributed by atoms with Crippen LogP contribution in [0.5, 0.6) is 5.75 Å². The number of ether oxygens (including phenoxy) is 1. The Bertz CT molecular complexity index is 1260. The first-order chi connectivity index (χ1) is 14.7. The van der Waals surface area contributed by atoms with Crippen LogP contribution in [0.25, 0.3) is 16.7 Å². The van der Waals surface area contributed by atoms with Crippen LogP contribution >= 0.6 is 11.6 Å². The zero-order valence-corrected chi connectivity index (χ0v) is 16.7. The van der Waals surface area contributed by atoms with Crippen LogP contribution in [0.1, 0.15) is 16.1 Å². The largest absolute Gasteiger partial charge is 0.573 e. The van der Waals surface area contributed by atoms with Gasteiger partial charge in [-0.05, 0) is 43.3 Å². The lowest BCUT2D eigenvalue weighted by Gasteiger charge is -2.10. The van der Waals surface area contributed by atoms with Gasteiger partial charge in [0.05, 0.1) is 27.4 Å². The molecule has 2 aromatic heterocycles. The van der Waals surface area contributed by atoms with E-state index in [0.29, 0.717) is 16.7 Å². The van der Waals surface area contributed by atoms with Gasteiger partial charge in [-0.25, -0.2) is 9.67 Å². The smallest absolute Gasteiger partial charge is 0.406 e. The number of amides is 1. The van der Waals surface area contributed by atoms with E-state index in [9.17, 15) is 18.0 Å². The third-order valence-electron chi connectivity index (χ3n) is 4.40. The number of nitrogens with zero attached hydrogens (tertiary/aromatic N) is 3. The highest BCUT2D eigenvalue weighted by molar-refractivity contribution is 6.39. The lowest BCUT2D eigenvalue weighted by molar-refractivity contribution is -0.274. The molecule has 0 bridgehead atoms. The summed E-state index contributed by atoms with van der Waals surface area (Å²) in [6.07, 6.45) is -3.46. The summed E-state index contributed by atoms with van der Waals surface area (Å²) < 4.78 is 42.3. The number of hydrogen-bond acceptors (Lipinski definition) is 4. The highest BCUT2D eigenvalue weighted by Gasteiger charge is 2.31. The molecule has 31 heavy (non-hydrogen) atoms. The molecule has 0 fully saturated rings. The van der Waals surface area contributed by atoms with E-state index in [4.69, 9.17) is 11.6 Å². The fourth-order valence-electron chi connectivity index (χ4n) is 3.05. The van der Waals surface area contributed by atoms with Crippen LogP contribution in [0, 0.1) is 6.92 Å². The maximum Gasteiger partial charge on any atom is 0.573 e. The number of benzene rings is 2. The quantitative estimate of drug-likeness (QED) is 0.447. The van der Waals surface area contributed by atoms with Crippen molar-refractivity contribution in [2.24, 2.45) is 0 Å². The third-order valence-corrected chi connectivity index (χ3v) is 4.79. The standard InChI is InChI=1S/C21H14ClF3N4O2/c1-12-17-18(22)16(11-26-19(17)29(28-12)14-5-3-2-4-6-14)20(30)27-13-7-9-15(10-8-13)31-21(23,24)25/h2-11H,1H3,(H,27,30). The zero-order valence-electron chi connectivity index (χ0n) is 15.9. The summed E-state index contributed by atoms with van der Waals surface area (Å²) >= 11 is 6.51. The zero-order chi connectivity index (χ0) is 22.2. The number of rotatable bonds is 4. The first-order valence-electron chi connectivity index (χ1n) is 8.99. The van der Waals surface area contributed by atoms with Gasteiger partial charge in [0.25, 0.3) is 5.91 Å². The van der Waals surface area contributed by atoms with E-state index in [0.717, 1.165) is 17.8 Å². The van der Waals surface area contributed by atoms with Crippen molar-refractivity contribution in [3.05, 3.63) is 77.1 Å². The minimum atomic E-state index is -4.79. The van der Waals surface area contributed by atoms with Gasteiger partial charge in [0.15, 0.2) is 5.65 Å². The van der Waals surface area contributed by atoms with Gasteiger partial charge in [-0.2, -0.15) is 5.10 Å². The van der Waals surface area contributed by atoms with Crippen molar-refractivity contribution >= 4 is 34.2 Å². The summed E-state index contributed by atoms with van der Waals surface area (Å²) in [5, 5.41) is 7.77. The number of nitrogens with one attached hydrogen (secondary N) is 1. The van der Waals surface area contributed by atoms with E-state index in [1.165, 1.54) is 18.3 Å². The Morgan fingerprint density at radius 2 is 1.77 bits per heavy atom. The maximum absolute atomic E-state index is 12.7. The van der Waals surface area contributed by atoms with E-state index >= 15 is 0 Å². The lowest BCUT2D eigenvalue weighted by Crippen LogP contribution is -2.17. The van der Waals surface area contributed by atoms with Gasteiger partial charge in [-0.15, -0.1) is 13.2 Å². The average molecular weight is 447 g/mol. The number of aryl methyl sites for hydroxylation is 1. The van der Waals surface area contributed by atoms with E-state index < -0.39 is 18.0 Å². The summed E-state index contributed by atoms with van der Waals surface area (Å²) in [5.41, 5.74) is 2.27. The number of aromatic nitrogens is 3. The molecule has 4 aromatic rings.